The first-order valence-corrected chi connectivity index (χ1v) is 15.0. The molecule has 1 aliphatic carbocycles. The average molecular weight is 571 g/mol. The number of nitrogens with zero attached hydrogens (tertiary/aromatic N) is 6. The molecule has 0 amide bonds. The minimum absolute atomic E-state index is 0.0315. The van der Waals surface area contributed by atoms with Gasteiger partial charge in [-0.15, -0.1) is 0 Å². The van der Waals surface area contributed by atoms with Crippen LogP contribution in [0.25, 0.3) is 16.9 Å². The van der Waals surface area contributed by atoms with Crippen molar-refractivity contribution in [3.63, 3.8) is 0 Å². The fourth-order valence-electron chi connectivity index (χ4n) is 4.88. The molecule has 2 aromatic heterocycles. The summed E-state index contributed by atoms with van der Waals surface area (Å²) in [5, 5.41) is 21.5. The van der Waals surface area contributed by atoms with Crippen molar-refractivity contribution in [3.8, 4) is 23.0 Å². The first-order chi connectivity index (χ1) is 18.7. The van der Waals surface area contributed by atoms with E-state index in [0.29, 0.717) is 65.9 Å². The Labute approximate surface area is 233 Å². The first kappa shape index (κ1) is 27.5. The van der Waals surface area contributed by atoms with Crippen molar-refractivity contribution in [3.05, 3.63) is 52.9 Å². The minimum atomic E-state index is -3.20. The third-order valence-corrected chi connectivity index (χ3v) is 8.91. The number of hydrogen-bond donors (Lipinski definition) is 2. The van der Waals surface area contributed by atoms with Gasteiger partial charge in [0.05, 0.1) is 46.7 Å². The lowest BCUT2D eigenvalue weighted by atomic mass is 9.89. The predicted molar refractivity (Wildman–Crippen MR) is 148 cm³/mol. The van der Waals surface area contributed by atoms with E-state index in [1.807, 2.05) is 18.2 Å². The molecular weight excluding hydrogens is 540 g/mol. The Morgan fingerprint density at radius 1 is 1.21 bits per heavy atom. The molecule has 2 N–H and O–H groups in total. The van der Waals surface area contributed by atoms with E-state index in [0.717, 1.165) is 30.6 Å². The number of sulfonamides is 1. The van der Waals surface area contributed by atoms with Crippen molar-refractivity contribution in [2.24, 2.45) is 0 Å². The number of halogens is 1. The van der Waals surface area contributed by atoms with Gasteiger partial charge in [-0.1, -0.05) is 17.7 Å². The van der Waals surface area contributed by atoms with Gasteiger partial charge in [-0.3, -0.25) is 0 Å². The lowest BCUT2D eigenvalue weighted by Gasteiger charge is -2.34. The Morgan fingerprint density at radius 3 is 2.64 bits per heavy atom. The molecule has 0 unspecified atom stereocenters. The molecule has 39 heavy (non-hydrogen) atoms. The molecule has 13 heteroatoms. The monoisotopic (exact) mass is 570 g/mol. The van der Waals surface area contributed by atoms with Crippen LogP contribution in [0.4, 0.5) is 5.95 Å². The molecule has 1 saturated carbocycles. The van der Waals surface area contributed by atoms with Crippen molar-refractivity contribution < 1.29 is 13.2 Å². The molecule has 1 aromatic carbocycles. The molecule has 11 nitrogen and oxygen atoms in total. The number of piperidine rings is 1. The third kappa shape index (κ3) is 6.40. The molecule has 5 rings (SSSR count). The summed E-state index contributed by atoms with van der Waals surface area (Å²) in [6.07, 6.45) is 9.82. The molecule has 2 fully saturated rings. The summed E-state index contributed by atoms with van der Waals surface area (Å²) in [5.41, 5.74) is 3.24. The standard InChI is InChI=1S/C26H31ClN8O3S/c1-38-22-10-21(11-22)29-13-17-3-4-24(23(27)9-17)35-16-19(15-31-35)25-18(12-28)14-30-26(33-25)32-20-5-7-34(8-6-20)39(2,36)37/h3-4,9,14-16,20-22,29H,5-8,10-11,13H2,1-2H3,(H,30,32,33)/t21-,22+. The normalized spacial score (nSPS) is 20.4. The number of benzene rings is 1. The van der Waals surface area contributed by atoms with Crippen LogP contribution in [-0.4, -0.2) is 77.1 Å². The van der Waals surface area contributed by atoms with Gasteiger partial charge < -0.3 is 15.4 Å². The fraction of sp³-hybridized carbons (Fsp3) is 0.462. The van der Waals surface area contributed by atoms with Crippen LogP contribution in [0.3, 0.4) is 0 Å². The average Bonchev–Trinajstić information content (AvgIpc) is 3.37. The number of ether oxygens (including phenoxy) is 1. The van der Waals surface area contributed by atoms with Crippen molar-refractivity contribution in [1.29, 1.82) is 5.26 Å². The summed E-state index contributed by atoms with van der Waals surface area (Å²) in [5.74, 6) is 0.382. The van der Waals surface area contributed by atoms with Crippen molar-refractivity contribution >= 4 is 27.6 Å². The molecule has 0 atom stereocenters. The van der Waals surface area contributed by atoms with Gasteiger partial charge in [0.2, 0.25) is 16.0 Å². The topological polar surface area (TPSA) is 138 Å². The molecule has 0 radical (unpaired) electrons. The molecule has 2 aliphatic rings. The highest BCUT2D eigenvalue weighted by atomic mass is 35.5. The molecule has 3 aromatic rings. The summed E-state index contributed by atoms with van der Waals surface area (Å²) in [7, 11) is -1.45. The van der Waals surface area contributed by atoms with Gasteiger partial charge in [-0.2, -0.15) is 10.4 Å². The second-order valence-corrected chi connectivity index (χ2v) is 12.4. The van der Waals surface area contributed by atoms with Gasteiger partial charge in [0.25, 0.3) is 0 Å². The van der Waals surface area contributed by atoms with Crippen LogP contribution in [0.1, 0.15) is 36.8 Å². The maximum Gasteiger partial charge on any atom is 0.223 e. The van der Waals surface area contributed by atoms with E-state index >= 15 is 0 Å². The smallest absolute Gasteiger partial charge is 0.223 e. The number of anilines is 1. The zero-order valence-electron chi connectivity index (χ0n) is 21.8. The van der Waals surface area contributed by atoms with E-state index < -0.39 is 10.0 Å². The summed E-state index contributed by atoms with van der Waals surface area (Å²) >= 11 is 6.62. The zero-order chi connectivity index (χ0) is 27.6. The molecule has 0 spiro atoms. The highest BCUT2D eigenvalue weighted by molar-refractivity contribution is 7.88. The Bertz CT molecular complexity index is 1470. The fourth-order valence-corrected chi connectivity index (χ4v) is 6.04. The van der Waals surface area contributed by atoms with Crippen LogP contribution in [0.5, 0.6) is 0 Å². The van der Waals surface area contributed by atoms with E-state index in [9.17, 15) is 13.7 Å². The number of nitrogens with one attached hydrogen (secondary N) is 2. The molecular formula is C26H31ClN8O3S. The largest absolute Gasteiger partial charge is 0.381 e. The number of hydrogen-bond acceptors (Lipinski definition) is 9. The van der Waals surface area contributed by atoms with Gasteiger partial charge in [0, 0.05) is 50.6 Å². The van der Waals surface area contributed by atoms with Crippen LogP contribution in [0.15, 0.2) is 36.8 Å². The Morgan fingerprint density at radius 2 is 1.97 bits per heavy atom. The van der Waals surface area contributed by atoms with E-state index in [4.69, 9.17) is 16.3 Å². The maximum absolute atomic E-state index is 11.8. The second kappa shape index (κ2) is 11.6. The van der Waals surface area contributed by atoms with Gasteiger partial charge in [0.1, 0.15) is 6.07 Å². The minimum Gasteiger partial charge on any atom is -0.381 e. The lowest BCUT2D eigenvalue weighted by Crippen LogP contribution is -2.44. The van der Waals surface area contributed by atoms with Crippen LogP contribution >= 0.6 is 11.6 Å². The van der Waals surface area contributed by atoms with Crippen LogP contribution in [-0.2, 0) is 21.3 Å². The van der Waals surface area contributed by atoms with Crippen LogP contribution in [0, 0.1) is 11.3 Å². The highest BCUT2D eigenvalue weighted by Gasteiger charge is 2.28. The highest BCUT2D eigenvalue weighted by Crippen LogP contribution is 2.28. The summed E-state index contributed by atoms with van der Waals surface area (Å²) < 4.78 is 32.0. The van der Waals surface area contributed by atoms with Crippen molar-refractivity contribution in [1.82, 2.24) is 29.4 Å². The quantitative estimate of drug-likeness (QED) is 0.397. The van der Waals surface area contributed by atoms with Crippen LogP contribution in [0.2, 0.25) is 5.02 Å². The van der Waals surface area contributed by atoms with Gasteiger partial charge >= 0.3 is 0 Å². The van der Waals surface area contributed by atoms with Gasteiger partial charge in [-0.05, 0) is 43.4 Å². The number of aromatic nitrogens is 4. The Hall–Kier alpha value is -3.08. The van der Waals surface area contributed by atoms with Crippen molar-refractivity contribution in [2.45, 2.75) is 50.4 Å². The van der Waals surface area contributed by atoms with Gasteiger partial charge in [0.15, 0.2) is 0 Å². The molecule has 1 saturated heterocycles. The lowest BCUT2D eigenvalue weighted by molar-refractivity contribution is 0.0170. The number of rotatable bonds is 9. The third-order valence-electron chi connectivity index (χ3n) is 7.30. The number of nitriles is 1. The van der Waals surface area contributed by atoms with Crippen molar-refractivity contribution in [2.75, 3.05) is 31.8 Å². The molecule has 206 valence electrons. The summed E-state index contributed by atoms with van der Waals surface area (Å²) in [4.78, 5) is 8.90. The zero-order valence-corrected chi connectivity index (χ0v) is 23.4. The van der Waals surface area contributed by atoms with Gasteiger partial charge in [-0.25, -0.2) is 27.4 Å². The maximum atomic E-state index is 11.8. The Kier molecular flexibility index (Phi) is 8.16. The molecule has 1 aliphatic heterocycles. The predicted octanol–water partition coefficient (Wildman–Crippen LogP) is 2.96. The van der Waals surface area contributed by atoms with E-state index in [1.54, 1.807) is 24.2 Å². The molecule has 3 heterocycles. The first-order valence-electron chi connectivity index (χ1n) is 12.8. The van der Waals surface area contributed by atoms with E-state index in [2.05, 4.69) is 31.8 Å². The Balaban J connectivity index is 1.27. The number of methoxy groups -OCH3 is 1. The summed E-state index contributed by atoms with van der Waals surface area (Å²) in [6.45, 7) is 1.61. The van der Waals surface area contributed by atoms with Crippen LogP contribution < -0.4 is 10.6 Å². The molecule has 0 bridgehead atoms. The summed E-state index contributed by atoms with van der Waals surface area (Å²) in [6, 6.07) is 8.52. The van der Waals surface area contributed by atoms with E-state index in [1.165, 1.54) is 16.8 Å². The van der Waals surface area contributed by atoms with E-state index in [-0.39, 0.29) is 6.04 Å². The SMILES string of the molecule is CO[C@H]1C[C@@H](NCc2ccc(-n3cc(-c4nc(NC5CCN(S(C)(=O)=O)CC5)ncc4C#N)cn3)c(Cl)c2)C1. The second-order valence-electron chi connectivity index (χ2n) is 10.0.